The molecule has 1 N–H and O–H groups in total. The molecular formula is C25H23N3O9S. The number of ether oxygens (including phenoxy) is 3. The molecule has 2 aromatic carbocycles. The number of nitrogens with zero attached hydrogens (tertiary/aromatic N) is 2. The third-order valence-corrected chi connectivity index (χ3v) is 6.91. The summed E-state index contributed by atoms with van der Waals surface area (Å²) in [6, 6.07) is 12.2. The summed E-state index contributed by atoms with van der Waals surface area (Å²) in [7, 11) is 0. The van der Waals surface area contributed by atoms with E-state index in [1.807, 2.05) is 6.07 Å². The number of nitro benzene ring substituents is 1. The standard InChI is InChI=1S/C25H23N3O9S/c1-15(29)35-12-17-14-38-24-21(26-20(30)13-36-19-5-3-2-4-6-19)23(31)27(24)22(17)25(32)37-11-16-7-9-18(10-8-16)28(33)34/h2-10,14,21-22,24H,11-13H2,1H3,(H,26,30)/t21?,22?,24-/m0/s1. The molecule has 13 heteroatoms. The average molecular weight is 542 g/mol. The number of para-hydroxylation sites is 1. The number of hydrogen-bond donors (Lipinski definition) is 1. The lowest BCUT2D eigenvalue weighted by Crippen LogP contribution is -2.74. The van der Waals surface area contributed by atoms with Gasteiger partial charge < -0.3 is 24.4 Å². The Morgan fingerprint density at radius 1 is 1.05 bits per heavy atom. The highest BCUT2D eigenvalue weighted by Gasteiger charge is 2.56. The van der Waals surface area contributed by atoms with Crippen LogP contribution >= 0.6 is 11.8 Å². The Labute approximate surface area is 221 Å². The van der Waals surface area contributed by atoms with Gasteiger partial charge in [0.2, 0.25) is 5.91 Å². The number of fused-ring (bicyclic) bond motifs is 1. The van der Waals surface area contributed by atoms with Gasteiger partial charge in [0.1, 0.15) is 30.4 Å². The van der Waals surface area contributed by atoms with Crippen molar-refractivity contribution in [3.63, 3.8) is 0 Å². The summed E-state index contributed by atoms with van der Waals surface area (Å²) in [6.45, 7) is 0.515. The van der Waals surface area contributed by atoms with Crippen LogP contribution < -0.4 is 10.1 Å². The minimum atomic E-state index is -1.17. The predicted octanol–water partition coefficient (Wildman–Crippen LogP) is 1.93. The Morgan fingerprint density at radius 3 is 2.42 bits per heavy atom. The quantitative estimate of drug-likeness (QED) is 0.204. The molecule has 0 aromatic heterocycles. The monoisotopic (exact) mass is 541 g/mol. The zero-order valence-corrected chi connectivity index (χ0v) is 20.9. The molecule has 2 aliphatic heterocycles. The van der Waals surface area contributed by atoms with Crippen molar-refractivity contribution in [2.45, 2.75) is 31.0 Å². The van der Waals surface area contributed by atoms with Gasteiger partial charge >= 0.3 is 11.9 Å². The number of hydrogen-bond acceptors (Lipinski definition) is 10. The van der Waals surface area contributed by atoms with Gasteiger partial charge in [0.05, 0.1) is 4.92 Å². The highest BCUT2D eigenvalue weighted by atomic mass is 32.2. The molecule has 2 amide bonds. The van der Waals surface area contributed by atoms with Crippen LogP contribution in [0.5, 0.6) is 5.75 Å². The van der Waals surface area contributed by atoms with Crippen LogP contribution in [-0.2, 0) is 35.3 Å². The van der Waals surface area contributed by atoms with Crippen molar-refractivity contribution < 1.29 is 38.3 Å². The van der Waals surface area contributed by atoms with Gasteiger partial charge in [0, 0.05) is 24.6 Å². The molecule has 0 aliphatic carbocycles. The topological polar surface area (TPSA) is 154 Å². The average Bonchev–Trinajstić information content (AvgIpc) is 2.92. The summed E-state index contributed by atoms with van der Waals surface area (Å²) in [4.78, 5) is 61.5. The summed E-state index contributed by atoms with van der Waals surface area (Å²) in [6.07, 6.45) is 0. The fourth-order valence-corrected chi connectivity index (χ4v) is 5.04. The molecular weight excluding hydrogens is 518 g/mol. The molecule has 0 bridgehead atoms. The van der Waals surface area contributed by atoms with E-state index in [0.717, 1.165) is 0 Å². The van der Waals surface area contributed by atoms with Crippen molar-refractivity contribution in [2.24, 2.45) is 0 Å². The number of β-lactam (4-membered cyclic amide) rings is 1. The summed E-state index contributed by atoms with van der Waals surface area (Å²) in [5.74, 6) is -1.82. The van der Waals surface area contributed by atoms with Gasteiger partial charge in [-0.3, -0.25) is 24.5 Å². The highest BCUT2D eigenvalue weighted by Crippen LogP contribution is 2.40. The second-order valence-electron chi connectivity index (χ2n) is 8.33. The number of nitro groups is 1. The Bertz CT molecular complexity index is 1270. The molecule has 4 rings (SSSR count). The maximum absolute atomic E-state index is 13.1. The number of benzene rings is 2. The van der Waals surface area contributed by atoms with Gasteiger partial charge in [-0.25, -0.2) is 4.79 Å². The minimum Gasteiger partial charge on any atom is -0.484 e. The van der Waals surface area contributed by atoms with E-state index in [1.54, 1.807) is 29.7 Å². The lowest BCUT2D eigenvalue weighted by Gasteiger charge is -2.51. The minimum absolute atomic E-state index is 0.104. The molecule has 1 fully saturated rings. The van der Waals surface area contributed by atoms with Crippen LogP contribution in [-0.4, -0.2) is 64.2 Å². The number of carbonyl (C=O) groups is 4. The molecule has 0 radical (unpaired) electrons. The van der Waals surface area contributed by atoms with Crippen molar-refractivity contribution >= 4 is 41.2 Å². The molecule has 198 valence electrons. The maximum Gasteiger partial charge on any atom is 0.333 e. The number of nitrogens with one attached hydrogen (secondary N) is 1. The van der Waals surface area contributed by atoms with Gasteiger partial charge in [0.25, 0.3) is 11.6 Å². The normalized spacial score (nSPS) is 19.8. The number of rotatable bonds is 10. The largest absolute Gasteiger partial charge is 0.484 e. The zero-order chi connectivity index (χ0) is 27.2. The van der Waals surface area contributed by atoms with Crippen molar-refractivity contribution in [3.05, 3.63) is 81.3 Å². The Hall–Kier alpha value is -4.39. The van der Waals surface area contributed by atoms with E-state index in [9.17, 15) is 29.3 Å². The lowest BCUT2D eigenvalue weighted by atomic mass is 9.98. The summed E-state index contributed by atoms with van der Waals surface area (Å²) < 4.78 is 15.9. The van der Waals surface area contributed by atoms with E-state index in [4.69, 9.17) is 14.2 Å². The molecule has 0 saturated carbocycles. The first kappa shape index (κ1) is 26.7. The third-order valence-electron chi connectivity index (χ3n) is 5.69. The SMILES string of the molecule is CC(=O)OCC1=CS[C@H]2C(NC(=O)COc3ccccc3)C(=O)N2C1C(=O)OCc1ccc([N+](=O)[O-])cc1. The van der Waals surface area contributed by atoms with Gasteiger partial charge in [-0.1, -0.05) is 18.2 Å². The second kappa shape index (κ2) is 11.8. The lowest BCUT2D eigenvalue weighted by molar-refractivity contribution is -0.384. The van der Waals surface area contributed by atoms with E-state index < -0.39 is 46.1 Å². The fraction of sp³-hybridized carbons (Fsp3) is 0.280. The number of thioether (sulfide) groups is 1. The number of esters is 2. The van der Waals surface area contributed by atoms with Crippen LogP contribution in [0, 0.1) is 10.1 Å². The number of carbonyl (C=O) groups excluding carboxylic acids is 4. The van der Waals surface area contributed by atoms with Crippen LogP contribution in [0.25, 0.3) is 0 Å². The maximum atomic E-state index is 13.1. The van der Waals surface area contributed by atoms with Crippen LogP contribution in [0.15, 0.2) is 65.6 Å². The van der Waals surface area contributed by atoms with Crippen molar-refractivity contribution in [1.82, 2.24) is 10.2 Å². The van der Waals surface area contributed by atoms with E-state index >= 15 is 0 Å². The zero-order valence-electron chi connectivity index (χ0n) is 20.1. The highest BCUT2D eigenvalue weighted by molar-refractivity contribution is 8.02. The first-order valence-electron chi connectivity index (χ1n) is 11.4. The number of amides is 2. The second-order valence-corrected chi connectivity index (χ2v) is 9.32. The molecule has 2 aromatic rings. The van der Waals surface area contributed by atoms with E-state index in [2.05, 4.69) is 5.32 Å². The molecule has 2 heterocycles. The Morgan fingerprint density at radius 2 is 1.76 bits per heavy atom. The molecule has 2 unspecified atom stereocenters. The molecule has 0 spiro atoms. The molecule has 12 nitrogen and oxygen atoms in total. The van der Waals surface area contributed by atoms with Gasteiger partial charge in [0.15, 0.2) is 12.6 Å². The van der Waals surface area contributed by atoms with Crippen LogP contribution in [0.2, 0.25) is 0 Å². The molecule has 1 saturated heterocycles. The number of non-ortho nitro benzene ring substituents is 1. The van der Waals surface area contributed by atoms with E-state index in [-0.39, 0.29) is 25.5 Å². The first-order valence-corrected chi connectivity index (χ1v) is 12.4. The summed E-state index contributed by atoms with van der Waals surface area (Å²) in [5, 5.41) is 14.5. The third kappa shape index (κ3) is 6.11. The smallest absolute Gasteiger partial charge is 0.333 e. The predicted molar refractivity (Wildman–Crippen MR) is 133 cm³/mol. The van der Waals surface area contributed by atoms with Crippen LogP contribution in [0.3, 0.4) is 0 Å². The fourth-order valence-electron chi connectivity index (χ4n) is 3.83. The van der Waals surface area contributed by atoms with Crippen LogP contribution in [0.1, 0.15) is 12.5 Å². The van der Waals surface area contributed by atoms with Gasteiger partial charge in [-0.15, -0.1) is 11.8 Å². The Kier molecular flexibility index (Phi) is 8.26. The molecule has 2 aliphatic rings. The van der Waals surface area contributed by atoms with E-state index in [1.165, 1.54) is 47.9 Å². The first-order chi connectivity index (χ1) is 18.2. The van der Waals surface area contributed by atoms with Gasteiger partial charge in [-0.2, -0.15) is 0 Å². The summed E-state index contributed by atoms with van der Waals surface area (Å²) in [5.41, 5.74) is 0.752. The van der Waals surface area contributed by atoms with Crippen molar-refractivity contribution in [1.29, 1.82) is 0 Å². The molecule has 38 heavy (non-hydrogen) atoms. The van der Waals surface area contributed by atoms with E-state index in [0.29, 0.717) is 16.9 Å². The van der Waals surface area contributed by atoms with Crippen LogP contribution in [0.4, 0.5) is 5.69 Å². The Balaban J connectivity index is 1.41. The summed E-state index contributed by atoms with van der Waals surface area (Å²) >= 11 is 1.21. The van der Waals surface area contributed by atoms with Crippen molar-refractivity contribution in [3.8, 4) is 5.75 Å². The van der Waals surface area contributed by atoms with Gasteiger partial charge in [-0.05, 0) is 35.2 Å². The molecule has 3 atom stereocenters. The van der Waals surface area contributed by atoms with Crippen molar-refractivity contribution in [2.75, 3.05) is 13.2 Å².